The Morgan fingerprint density at radius 2 is 1.91 bits per heavy atom. The Balaban J connectivity index is 1.59. The number of aryl methyl sites for hydroxylation is 1. The lowest BCUT2D eigenvalue weighted by molar-refractivity contribution is -0.137. The Hall–Kier alpha value is -4.14. The van der Waals surface area contributed by atoms with Crippen molar-refractivity contribution in [3.05, 3.63) is 93.7 Å². The summed E-state index contributed by atoms with van der Waals surface area (Å²) in [5, 5.41) is 18.4. The maximum Gasteiger partial charge on any atom is 0.416 e. The van der Waals surface area contributed by atoms with Crippen LogP contribution < -0.4 is 15.9 Å². The summed E-state index contributed by atoms with van der Waals surface area (Å²) in [6, 6.07) is 12.7. The summed E-state index contributed by atoms with van der Waals surface area (Å²) in [6.45, 7) is 5.68. The second kappa shape index (κ2) is 8.42. The van der Waals surface area contributed by atoms with Crippen LogP contribution in [-0.4, -0.2) is 25.6 Å². The second-order valence-corrected chi connectivity index (χ2v) is 7.54. The SMILES string of the molecule is C=c1cc(C)n2ncc(=C(O)Cc3cccc(C(=O)Nc4cccc(C(F)(F)F)c4)c3)c2n1. The van der Waals surface area contributed by atoms with E-state index >= 15 is 0 Å². The summed E-state index contributed by atoms with van der Waals surface area (Å²) in [6.07, 6.45) is -2.89. The molecule has 0 saturated carbocycles. The number of hydrogen-bond donors (Lipinski definition) is 2. The number of halogens is 3. The van der Waals surface area contributed by atoms with Gasteiger partial charge in [0.25, 0.3) is 5.91 Å². The van der Waals surface area contributed by atoms with Gasteiger partial charge in [0.15, 0.2) is 5.65 Å². The first-order valence-corrected chi connectivity index (χ1v) is 9.92. The number of nitrogens with zero attached hydrogens (tertiary/aromatic N) is 3. The highest BCUT2D eigenvalue weighted by atomic mass is 19.4. The van der Waals surface area contributed by atoms with Gasteiger partial charge in [0.2, 0.25) is 0 Å². The number of benzene rings is 2. The summed E-state index contributed by atoms with van der Waals surface area (Å²) in [5.41, 5.74) is 1.34. The molecule has 0 aliphatic heterocycles. The number of aliphatic hydroxyl groups is 1. The number of aromatic nitrogens is 3. The van der Waals surface area contributed by atoms with E-state index in [1.165, 1.54) is 18.3 Å². The van der Waals surface area contributed by atoms with Crippen LogP contribution in [0.5, 0.6) is 0 Å². The van der Waals surface area contributed by atoms with Gasteiger partial charge in [-0.1, -0.05) is 24.8 Å². The largest absolute Gasteiger partial charge is 0.511 e. The zero-order chi connectivity index (χ0) is 23.8. The van der Waals surface area contributed by atoms with Gasteiger partial charge in [-0.25, -0.2) is 9.50 Å². The molecule has 0 spiro atoms. The minimum absolute atomic E-state index is 0.0120. The number of amides is 1. The summed E-state index contributed by atoms with van der Waals surface area (Å²) in [5.74, 6) is -0.552. The number of nitrogens with one attached hydrogen (secondary N) is 1. The molecule has 4 aromatic rings. The van der Waals surface area contributed by atoms with Crippen molar-refractivity contribution in [1.82, 2.24) is 14.6 Å². The van der Waals surface area contributed by atoms with Gasteiger partial charge in [0.05, 0.1) is 22.3 Å². The van der Waals surface area contributed by atoms with E-state index in [2.05, 4.69) is 22.0 Å². The third-order valence-electron chi connectivity index (χ3n) is 5.02. The lowest BCUT2D eigenvalue weighted by atomic mass is 10.1. The molecule has 33 heavy (non-hydrogen) atoms. The zero-order valence-corrected chi connectivity index (χ0v) is 17.5. The predicted molar refractivity (Wildman–Crippen MR) is 118 cm³/mol. The fourth-order valence-corrected chi connectivity index (χ4v) is 3.47. The van der Waals surface area contributed by atoms with Crippen LogP contribution in [0.1, 0.15) is 27.2 Å². The highest BCUT2D eigenvalue weighted by Gasteiger charge is 2.30. The molecule has 0 aliphatic rings. The molecule has 6 nitrogen and oxygen atoms in total. The first-order valence-electron chi connectivity index (χ1n) is 9.92. The van der Waals surface area contributed by atoms with Crippen LogP contribution in [0, 0.1) is 6.92 Å². The van der Waals surface area contributed by atoms with E-state index in [1.54, 1.807) is 34.8 Å². The van der Waals surface area contributed by atoms with Gasteiger partial charge in [0.1, 0.15) is 5.76 Å². The summed E-state index contributed by atoms with van der Waals surface area (Å²) < 4.78 is 40.3. The topological polar surface area (TPSA) is 79.5 Å². The van der Waals surface area contributed by atoms with Crippen LogP contribution >= 0.6 is 0 Å². The molecule has 0 fully saturated rings. The maximum atomic E-state index is 12.9. The number of fused-ring (bicyclic) bond motifs is 1. The van der Waals surface area contributed by atoms with Crippen molar-refractivity contribution >= 4 is 29.6 Å². The molecule has 0 saturated heterocycles. The van der Waals surface area contributed by atoms with E-state index in [0.29, 0.717) is 21.8 Å². The van der Waals surface area contributed by atoms with E-state index in [1.807, 2.05) is 6.92 Å². The molecule has 2 aromatic heterocycles. The van der Waals surface area contributed by atoms with Crippen molar-refractivity contribution < 1.29 is 23.1 Å². The number of carbonyl (C=O) groups excluding carboxylic acids is 1. The standard InChI is InChI=1S/C24H19F3N4O2/c1-14-9-15(2)31-22(29-14)20(13-28-31)21(32)11-16-5-3-6-17(10-16)23(33)30-19-8-4-7-18(12-19)24(25,26)27/h3-10,12-13,32H,1,11H2,2H3,(H,30,33). The fraction of sp³-hybridized carbons (Fsp3) is 0.125. The summed E-state index contributed by atoms with van der Waals surface area (Å²) >= 11 is 0. The van der Waals surface area contributed by atoms with Gasteiger partial charge < -0.3 is 10.4 Å². The average Bonchev–Trinajstić information content (AvgIpc) is 3.18. The number of anilines is 1. The Labute approximate surface area is 186 Å². The molecule has 168 valence electrons. The monoisotopic (exact) mass is 452 g/mol. The van der Waals surface area contributed by atoms with E-state index in [4.69, 9.17) is 0 Å². The molecule has 2 N–H and O–H groups in total. The minimum Gasteiger partial charge on any atom is -0.511 e. The van der Waals surface area contributed by atoms with Gasteiger partial charge in [-0.05, 0) is 48.9 Å². The van der Waals surface area contributed by atoms with Crippen molar-refractivity contribution in [2.45, 2.75) is 19.5 Å². The summed E-state index contributed by atoms with van der Waals surface area (Å²) in [4.78, 5) is 16.9. The molecular formula is C24H19F3N4O2. The van der Waals surface area contributed by atoms with Gasteiger partial charge in [-0.2, -0.15) is 18.3 Å². The number of hydrogen-bond acceptors (Lipinski definition) is 4. The van der Waals surface area contributed by atoms with Crippen LogP contribution in [0.15, 0.2) is 60.8 Å². The Morgan fingerprint density at radius 3 is 2.67 bits per heavy atom. The molecule has 1 amide bonds. The highest BCUT2D eigenvalue weighted by molar-refractivity contribution is 6.04. The molecule has 2 heterocycles. The smallest absolute Gasteiger partial charge is 0.416 e. The molecule has 0 bridgehead atoms. The molecular weight excluding hydrogens is 433 g/mol. The third-order valence-corrected chi connectivity index (χ3v) is 5.02. The fourth-order valence-electron chi connectivity index (χ4n) is 3.47. The molecule has 0 unspecified atom stereocenters. The van der Waals surface area contributed by atoms with Gasteiger partial charge in [-0.3, -0.25) is 4.79 Å². The van der Waals surface area contributed by atoms with Crippen LogP contribution in [0.2, 0.25) is 0 Å². The summed E-state index contributed by atoms with van der Waals surface area (Å²) in [7, 11) is 0. The van der Waals surface area contributed by atoms with Crippen molar-refractivity contribution in [2.24, 2.45) is 0 Å². The van der Waals surface area contributed by atoms with Gasteiger partial charge in [0, 0.05) is 23.4 Å². The van der Waals surface area contributed by atoms with E-state index < -0.39 is 17.6 Å². The third kappa shape index (κ3) is 4.72. The minimum atomic E-state index is -4.51. The van der Waals surface area contributed by atoms with E-state index in [0.717, 1.165) is 17.8 Å². The van der Waals surface area contributed by atoms with E-state index in [9.17, 15) is 23.1 Å². The average molecular weight is 452 g/mol. The second-order valence-electron chi connectivity index (χ2n) is 7.54. The Bertz CT molecular complexity index is 1480. The highest BCUT2D eigenvalue weighted by Crippen LogP contribution is 2.30. The first-order chi connectivity index (χ1) is 15.6. The Kier molecular flexibility index (Phi) is 5.63. The van der Waals surface area contributed by atoms with Gasteiger partial charge in [-0.15, -0.1) is 0 Å². The lowest BCUT2D eigenvalue weighted by Gasteiger charge is -2.10. The normalized spacial score (nSPS) is 12.6. The molecule has 0 radical (unpaired) electrons. The number of carbonyl (C=O) groups is 1. The van der Waals surface area contributed by atoms with E-state index in [-0.39, 0.29) is 23.4 Å². The van der Waals surface area contributed by atoms with Crippen molar-refractivity contribution in [3.63, 3.8) is 0 Å². The van der Waals surface area contributed by atoms with Crippen LogP contribution in [0.4, 0.5) is 18.9 Å². The predicted octanol–water partition coefficient (Wildman–Crippen LogP) is 3.63. The Morgan fingerprint density at radius 1 is 1.15 bits per heavy atom. The number of aliphatic hydroxyl groups excluding tert-OH is 1. The van der Waals surface area contributed by atoms with Crippen LogP contribution in [0.25, 0.3) is 18.0 Å². The lowest BCUT2D eigenvalue weighted by Crippen LogP contribution is -2.16. The van der Waals surface area contributed by atoms with Crippen molar-refractivity contribution in [2.75, 3.05) is 5.32 Å². The molecule has 0 atom stereocenters. The zero-order valence-electron chi connectivity index (χ0n) is 17.5. The molecule has 2 aromatic carbocycles. The molecule has 9 heteroatoms. The van der Waals surface area contributed by atoms with Crippen LogP contribution in [-0.2, 0) is 12.6 Å². The quantitative estimate of drug-likeness (QED) is 0.496. The number of alkyl halides is 3. The maximum absolute atomic E-state index is 12.9. The number of rotatable bonds is 4. The first kappa shape index (κ1) is 22.1. The van der Waals surface area contributed by atoms with Crippen molar-refractivity contribution in [3.8, 4) is 0 Å². The van der Waals surface area contributed by atoms with Crippen LogP contribution in [0.3, 0.4) is 0 Å². The van der Waals surface area contributed by atoms with Gasteiger partial charge >= 0.3 is 6.18 Å². The van der Waals surface area contributed by atoms with Crippen molar-refractivity contribution in [1.29, 1.82) is 0 Å². The molecule has 0 aliphatic carbocycles. The molecule has 4 rings (SSSR count).